The molecule has 5 N–H and O–H groups in total. The lowest BCUT2D eigenvalue weighted by atomic mass is 10.0. The van der Waals surface area contributed by atoms with Gasteiger partial charge in [-0.15, -0.1) is 0 Å². The third kappa shape index (κ3) is 42.7. The van der Waals surface area contributed by atoms with Crippen LogP contribution in [0.15, 0.2) is 48.6 Å². The largest absolute Gasteiger partial charge is 0.472 e. The first-order valence-electron chi connectivity index (χ1n) is 22.3. The van der Waals surface area contributed by atoms with Crippen LogP contribution >= 0.6 is 15.6 Å². The van der Waals surface area contributed by atoms with Gasteiger partial charge in [-0.05, 0) is 63.7 Å². The number of ether oxygens (including phenoxy) is 2. The van der Waals surface area contributed by atoms with Gasteiger partial charge < -0.3 is 34.4 Å². The molecule has 16 heteroatoms. The Morgan fingerprint density at radius 3 is 1.53 bits per heavy atom. The number of phosphoric acid groups is 2. The van der Waals surface area contributed by atoms with E-state index in [4.69, 9.17) is 23.8 Å². The molecule has 0 rings (SSSR count). The Balaban J connectivity index is 4.60. The first kappa shape index (κ1) is 58.0. The molecule has 4 atom stereocenters. The summed E-state index contributed by atoms with van der Waals surface area (Å²) in [5, 5.41) is 19.3. The average Bonchev–Trinajstić information content (AvgIpc) is 3.19. The van der Waals surface area contributed by atoms with E-state index in [2.05, 4.69) is 59.4 Å². The highest BCUT2D eigenvalue weighted by Crippen LogP contribution is 2.43. The van der Waals surface area contributed by atoms with Gasteiger partial charge in [0.15, 0.2) is 6.10 Å². The minimum Gasteiger partial charge on any atom is -0.462 e. The van der Waals surface area contributed by atoms with Crippen LogP contribution in [0.25, 0.3) is 0 Å². The zero-order valence-corrected chi connectivity index (χ0v) is 38.6. The Bertz CT molecular complexity index is 1280. The maximum atomic E-state index is 12.7. The van der Waals surface area contributed by atoms with Gasteiger partial charge >= 0.3 is 27.6 Å². The predicted octanol–water partition coefficient (Wildman–Crippen LogP) is 10.3. The molecule has 14 nitrogen and oxygen atoms in total. The summed E-state index contributed by atoms with van der Waals surface area (Å²) in [6.45, 7) is 3.72. The minimum absolute atomic E-state index is 0.106. The summed E-state index contributed by atoms with van der Waals surface area (Å²) in [4.78, 5) is 52.7. The quantitative estimate of drug-likeness (QED) is 0.0167. The number of phosphoric ester groups is 2. The summed E-state index contributed by atoms with van der Waals surface area (Å²) >= 11 is 0. The van der Waals surface area contributed by atoms with Crippen molar-refractivity contribution in [3.8, 4) is 0 Å². The molecule has 350 valence electrons. The highest BCUT2D eigenvalue weighted by Gasteiger charge is 2.28. The molecule has 0 saturated carbocycles. The van der Waals surface area contributed by atoms with Crippen molar-refractivity contribution >= 4 is 27.6 Å². The van der Waals surface area contributed by atoms with Gasteiger partial charge in [0.05, 0.1) is 25.9 Å². The van der Waals surface area contributed by atoms with E-state index in [-0.39, 0.29) is 18.9 Å². The molecule has 0 aromatic heterocycles. The first-order chi connectivity index (χ1) is 28.6. The first-order valence-corrected chi connectivity index (χ1v) is 25.3. The fraction of sp³-hybridized carbons (Fsp3) is 0.773. The van der Waals surface area contributed by atoms with Gasteiger partial charge in [0, 0.05) is 12.8 Å². The Morgan fingerprint density at radius 1 is 0.533 bits per heavy atom. The zero-order chi connectivity index (χ0) is 44.7. The Morgan fingerprint density at radius 2 is 1.00 bits per heavy atom. The van der Waals surface area contributed by atoms with Crippen molar-refractivity contribution in [2.24, 2.45) is 5.92 Å². The lowest BCUT2D eigenvalue weighted by Crippen LogP contribution is -2.30. The number of carbonyl (C=O) groups is 2. The lowest BCUT2D eigenvalue weighted by molar-refractivity contribution is -0.161. The summed E-state index contributed by atoms with van der Waals surface area (Å²) < 4.78 is 47.7. The van der Waals surface area contributed by atoms with Crippen LogP contribution in [0.5, 0.6) is 0 Å². The van der Waals surface area contributed by atoms with Crippen LogP contribution in [0.2, 0.25) is 0 Å². The third-order valence-corrected chi connectivity index (χ3v) is 10.7. The number of hydrogen-bond acceptors (Lipinski definition) is 11. The molecule has 1 unspecified atom stereocenters. The topological polar surface area (TPSA) is 216 Å². The van der Waals surface area contributed by atoms with E-state index >= 15 is 0 Å². The van der Waals surface area contributed by atoms with Crippen LogP contribution < -0.4 is 0 Å². The molecule has 0 bridgehead atoms. The van der Waals surface area contributed by atoms with E-state index in [1.165, 1.54) is 51.4 Å². The average molecular weight is 895 g/mol. The van der Waals surface area contributed by atoms with Crippen LogP contribution in [0.4, 0.5) is 0 Å². The molecule has 0 fully saturated rings. The second-order valence-electron chi connectivity index (χ2n) is 15.6. The van der Waals surface area contributed by atoms with Gasteiger partial charge in [0.2, 0.25) is 0 Å². The van der Waals surface area contributed by atoms with Crippen LogP contribution in [-0.4, -0.2) is 81.6 Å². The van der Waals surface area contributed by atoms with Gasteiger partial charge in [-0.1, -0.05) is 146 Å². The summed E-state index contributed by atoms with van der Waals surface area (Å²) in [7, 11) is -9.70. The lowest BCUT2D eigenvalue weighted by Gasteiger charge is -2.20. The van der Waals surface area contributed by atoms with E-state index in [1.54, 1.807) is 0 Å². The van der Waals surface area contributed by atoms with Gasteiger partial charge in [-0.25, -0.2) is 9.13 Å². The van der Waals surface area contributed by atoms with E-state index in [0.29, 0.717) is 19.3 Å². The Labute approximate surface area is 361 Å². The van der Waals surface area contributed by atoms with Crippen LogP contribution in [0, 0.1) is 5.92 Å². The normalized spacial score (nSPS) is 15.1. The Kier molecular flexibility index (Phi) is 37.4. The number of esters is 2. The van der Waals surface area contributed by atoms with Crippen molar-refractivity contribution in [3.05, 3.63) is 48.6 Å². The fourth-order valence-electron chi connectivity index (χ4n) is 5.74. The van der Waals surface area contributed by atoms with E-state index in [0.717, 1.165) is 70.1 Å². The maximum absolute atomic E-state index is 12.7. The van der Waals surface area contributed by atoms with Crippen LogP contribution in [0.3, 0.4) is 0 Å². The van der Waals surface area contributed by atoms with Crippen LogP contribution in [0.1, 0.15) is 168 Å². The molecule has 0 heterocycles. The summed E-state index contributed by atoms with van der Waals surface area (Å²) in [5.74, 6) is -0.329. The molecule has 0 spiro atoms. The molecule has 60 heavy (non-hydrogen) atoms. The number of unbranched alkanes of at least 4 members (excludes halogenated alkanes) is 12. The van der Waals surface area contributed by atoms with Gasteiger partial charge in [-0.2, -0.15) is 0 Å². The Hall–Kier alpha value is -1.96. The summed E-state index contributed by atoms with van der Waals surface area (Å²) in [6, 6.07) is 0. The summed E-state index contributed by atoms with van der Waals surface area (Å²) in [5.41, 5.74) is 0. The van der Waals surface area contributed by atoms with Crippen molar-refractivity contribution in [3.63, 3.8) is 0 Å². The molecule has 0 aliphatic rings. The number of aliphatic hydroxyl groups is 2. The number of aliphatic hydroxyl groups excluding tert-OH is 2. The molecule has 0 saturated heterocycles. The molecule has 0 aromatic rings. The molecule has 0 aliphatic carbocycles. The number of allylic oxidation sites excluding steroid dienone is 8. The molecular weight excluding hydrogens is 814 g/mol. The molecular formula is C44H80O14P2. The SMILES string of the molecule is CC[C@H](O)CC/C=C\C/C=C\C/C=C\C/C=C\CCCC(=O)OC[C@H](COP(=O)(O)OC[C@@H](O)COP(=O)(O)O)OC(=O)CCCCCCCCCCCCCCC(C)C. The van der Waals surface area contributed by atoms with Crippen molar-refractivity contribution in [2.75, 3.05) is 26.4 Å². The number of hydrogen-bond donors (Lipinski definition) is 5. The minimum atomic E-state index is -4.87. The highest BCUT2D eigenvalue weighted by atomic mass is 31.2. The second-order valence-corrected chi connectivity index (χ2v) is 18.3. The number of rotatable bonds is 41. The second kappa shape index (κ2) is 38.7. The molecule has 0 radical (unpaired) electrons. The highest BCUT2D eigenvalue weighted by molar-refractivity contribution is 7.47. The smallest absolute Gasteiger partial charge is 0.462 e. The van der Waals surface area contributed by atoms with Gasteiger partial charge in [0.1, 0.15) is 12.7 Å². The van der Waals surface area contributed by atoms with Gasteiger partial charge in [0.25, 0.3) is 0 Å². The predicted molar refractivity (Wildman–Crippen MR) is 236 cm³/mol. The third-order valence-electron chi connectivity index (χ3n) is 9.30. The zero-order valence-electron chi connectivity index (χ0n) is 36.8. The van der Waals surface area contributed by atoms with Crippen molar-refractivity contribution in [1.29, 1.82) is 0 Å². The maximum Gasteiger partial charge on any atom is 0.472 e. The monoisotopic (exact) mass is 895 g/mol. The van der Waals surface area contributed by atoms with E-state index < -0.39 is 66.2 Å². The fourth-order valence-corrected chi connectivity index (χ4v) is 6.90. The standard InChI is InChI=1S/C44H80O14P2/c1-4-40(45)32-28-24-20-16-12-7-5-6-8-13-17-21-25-29-33-43(47)54-37-42(38-57-60(52,53)56-36-41(46)35-55-59(49,50)51)58-44(48)34-30-26-22-18-14-10-9-11-15-19-23-27-31-39(2)3/h6-8,12,17,20-21,24,39-42,45-46H,4-5,9-11,13-16,18-19,22-23,25-38H2,1-3H3,(H,52,53)(H2,49,50,51)/b8-6-,12-7-,21-17-,24-20-/t40-,41-,42+/m0/s1. The van der Waals surface area contributed by atoms with E-state index in [9.17, 15) is 33.8 Å². The molecule has 0 aromatic carbocycles. The van der Waals surface area contributed by atoms with Crippen LogP contribution in [-0.2, 0) is 41.8 Å². The van der Waals surface area contributed by atoms with Crippen molar-refractivity contribution in [2.45, 2.75) is 187 Å². The molecule has 0 aliphatic heterocycles. The van der Waals surface area contributed by atoms with Crippen molar-refractivity contribution in [1.82, 2.24) is 0 Å². The van der Waals surface area contributed by atoms with Gasteiger partial charge in [-0.3, -0.25) is 23.2 Å². The van der Waals surface area contributed by atoms with Crippen molar-refractivity contribution < 1.29 is 66.7 Å². The number of carbonyl (C=O) groups excluding carboxylic acids is 2. The van der Waals surface area contributed by atoms with E-state index in [1.807, 2.05) is 19.1 Å². The molecule has 0 amide bonds. The summed E-state index contributed by atoms with van der Waals surface area (Å²) in [6.07, 6.45) is 34.9.